The first-order valence-corrected chi connectivity index (χ1v) is 5.98. The fourth-order valence-electron chi connectivity index (χ4n) is 2.57. The lowest BCUT2D eigenvalue weighted by Crippen LogP contribution is -2.43. The van der Waals surface area contributed by atoms with Gasteiger partial charge in [0.2, 0.25) is 0 Å². The molecule has 0 aromatic carbocycles. The van der Waals surface area contributed by atoms with Crippen molar-refractivity contribution in [2.24, 2.45) is 5.92 Å². The van der Waals surface area contributed by atoms with E-state index in [1.54, 1.807) is 0 Å². The maximum Gasteiger partial charge on any atom is 0.106 e. The van der Waals surface area contributed by atoms with E-state index >= 15 is 0 Å². The van der Waals surface area contributed by atoms with Crippen molar-refractivity contribution in [1.29, 1.82) is 0 Å². The molecule has 2 heteroatoms. The van der Waals surface area contributed by atoms with Gasteiger partial charge in [-0.25, -0.2) is 0 Å². The molecule has 1 rings (SSSR count). The van der Waals surface area contributed by atoms with E-state index < -0.39 is 0 Å². The summed E-state index contributed by atoms with van der Waals surface area (Å²) < 4.78 is 6.05. The van der Waals surface area contributed by atoms with Crippen LogP contribution in [0.4, 0.5) is 0 Å². The summed E-state index contributed by atoms with van der Waals surface area (Å²) in [5.74, 6) is 0.735. The minimum atomic E-state index is 0.0870. The first kappa shape index (κ1) is 12.0. The molecule has 0 aromatic heterocycles. The van der Waals surface area contributed by atoms with Crippen LogP contribution in [0.2, 0.25) is 0 Å². The van der Waals surface area contributed by atoms with Gasteiger partial charge in [0.1, 0.15) is 6.23 Å². The highest BCUT2D eigenvalue weighted by Crippen LogP contribution is 2.34. The molecular formula is C12H25NO. The van der Waals surface area contributed by atoms with Gasteiger partial charge in [0.05, 0.1) is 5.60 Å². The van der Waals surface area contributed by atoms with Gasteiger partial charge in [0, 0.05) is 6.04 Å². The molecular weight excluding hydrogens is 174 g/mol. The second-order valence-electron chi connectivity index (χ2n) is 4.88. The summed E-state index contributed by atoms with van der Waals surface area (Å²) in [5, 5.41) is 3.56. The second kappa shape index (κ2) is 4.63. The Morgan fingerprint density at radius 1 is 1.29 bits per heavy atom. The van der Waals surface area contributed by atoms with Crippen LogP contribution in [0.3, 0.4) is 0 Å². The van der Waals surface area contributed by atoms with Crippen LogP contribution in [-0.4, -0.2) is 17.9 Å². The molecule has 1 aliphatic rings. The van der Waals surface area contributed by atoms with Gasteiger partial charge in [-0.05, 0) is 32.1 Å². The van der Waals surface area contributed by atoms with Crippen LogP contribution in [0.15, 0.2) is 0 Å². The van der Waals surface area contributed by atoms with Gasteiger partial charge in [-0.3, -0.25) is 5.32 Å². The summed E-state index contributed by atoms with van der Waals surface area (Å²) in [6.07, 6.45) is 3.65. The van der Waals surface area contributed by atoms with Gasteiger partial charge in [-0.2, -0.15) is 0 Å². The minimum absolute atomic E-state index is 0.0870. The summed E-state index contributed by atoms with van der Waals surface area (Å²) in [6.45, 7) is 11.1. The molecule has 2 nitrogen and oxygen atoms in total. The third-order valence-electron chi connectivity index (χ3n) is 3.39. The molecule has 1 heterocycles. The van der Waals surface area contributed by atoms with Crippen LogP contribution in [0.5, 0.6) is 0 Å². The number of nitrogens with one attached hydrogen (secondary N) is 1. The average Bonchev–Trinajstić information content (AvgIpc) is 2.42. The lowest BCUT2D eigenvalue weighted by atomic mass is 9.84. The normalized spacial score (nSPS) is 31.3. The number of hydrogen-bond acceptors (Lipinski definition) is 2. The van der Waals surface area contributed by atoms with Crippen molar-refractivity contribution in [3.05, 3.63) is 0 Å². The van der Waals surface area contributed by atoms with E-state index in [1.165, 1.54) is 6.42 Å². The Bertz CT molecular complexity index is 175. The quantitative estimate of drug-likeness (QED) is 0.751. The number of rotatable bonds is 4. The van der Waals surface area contributed by atoms with E-state index in [0.717, 1.165) is 18.8 Å². The van der Waals surface area contributed by atoms with Crippen LogP contribution >= 0.6 is 0 Å². The number of ether oxygens (including phenoxy) is 1. The maximum absolute atomic E-state index is 6.05. The summed E-state index contributed by atoms with van der Waals surface area (Å²) >= 11 is 0. The zero-order valence-corrected chi connectivity index (χ0v) is 10.3. The predicted molar refractivity (Wildman–Crippen MR) is 60.2 cm³/mol. The SMILES string of the molecule is CCC1(CC)O[C@H](C)N[C@H]1CC(C)C. The van der Waals surface area contributed by atoms with Gasteiger partial charge in [-0.1, -0.05) is 27.7 Å². The molecule has 1 N–H and O–H groups in total. The Labute approximate surface area is 88.4 Å². The zero-order chi connectivity index (χ0) is 10.8. The highest BCUT2D eigenvalue weighted by molar-refractivity contribution is 4.97. The monoisotopic (exact) mass is 199 g/mol. The minimum Gasteiger partial charge on any atom is -0.356 e. The van der Waals surface area contributed by atoms with E-state index in [4.69, 9.17) is 4.74 Å². The first-order chi connectivity index (χ1) is 6.54. The molecule has 14 heavy (non-hydrogen) atoms. The molecule has 0 bridgehead atoms. The van der Waals surface area contributed by atoms with Crippen LogP contribution in [0.25, 0.3) is 0 Å². The lowest BCUT2D eigenvalue weighted by molar-refractivity contribution is -0.0486. The Balaban J connectivity index is 2.70. The van der Waals surface area contributed by atoms with Crippen molar-refractivity contribution in [3.63, 3.8) is 0 Å². The standard InChI is InChI=1S/C12H25NO/c1-6-12(7-2)11(8-9(3)4)13-10(5)14-12/h9-11,13H,6-8H2,1-5H3/t10-,11+/m1/s1. The van der Waals surface area contributed by atoms with Gasteiger partial charge in [0.15, 0.2) is 0 Å². The molecule has 1 fully saturated rings. The molecule has 0 amide bonds. The number of hydrogen-bond donors (Lipinski definition) is 1. The summed E-state index contributed by atoms with van der Waals surface area (Å²) in [5.41, 5.74) is 0.0870. The molecule has 84 valence electrons. The second-order valence-corrected chi connectivity index (χ2v) is 4.88. The van der Waals surface area contributed by atoms with E-state index in [9.17, 15) is 0 Å². The largest absolute Gasteiger partial charge is 0.356 e. The molecule has 0 unspecified atom stereocenters. The smallest absolute Gasteiger partial charge is 0.106 e. The Hall–Kier alpha value is -0.0800. The van der Waals surface area contributed by atoms with Crippen LogP contribution < -0.4 is 5.32 Å². The fraction of sp³-hybridized carbons (Fsp3) is 1.00. The van der Waals surface area contributed by atoms with E-state index in [1.807, 2.05) is 0 Å². The summed E-state index contributed by atoms with van der Waals surface area (Å²) in [6, 6.07) is 0.535. The molecule has 0 aromatic rings. The molecule has 1 aliphatic heterocycles. The van der Waals surface area contributed by atoms with E-state index in [2.05, 4.69) is 39.9 Å². The molecule has 0 saturated carbocycles. The van der Waals surface area contributed by atoms with Gasteiger partial charge in [0.25, 0.3) is 0 Å². The molecule has 1 saturated heterocycles. The lowest BCUT2D eigenvalue weighted by Gasteiger charge is -2.32. The average molecular weight is 199 g/mol. The Morgan fingerprint density at radius 2 is 1.86 bits per heavy atom. The maximum atomic E-state index is 6.05. The van der Waals surface area contributed by atoms with E-state index in [-0.39, 0.29) is 11.8 Å². The molecule has 0 spiro atoms. The third-order valence-corrected chi connectivity index (χ3v) is 3.39. The predicted octanol–water partition coefficient (Wildman–Crippen LogP) is 2.93. The van der Waals surface area contributed by atoms with Crippen LogP contribution in [-0.2, 0) is 4.74 Å². The summed E-state index contributed by atoms with van der Waals surface area (Å²) in [4.78, 5) is 0. The van der Waals surface area contributed by atoms with Crippen molar-refractivity contribution in [2.75, 3.05) is 0 Å². The topological polar surface area (TPSA) is 21.3 Å². The van der Waals surface area contributed by atoms with Gasteiger partial charge < -0.3 is 4.74 Å². The zero-order valence-electron chi connectivity index (χ0n) is 10.3. The first-order valence-electron chi connectivity index (χ1n) is 5.98. The van der Waals surface area contributed by atoms with Crippen molar-refractivity contribution in [2.45, 2.75) is 71.8 Å². The Morgan fingerprint density at radius 3 is 2.29 bits per heavy atom. The fourth-order valence-corrected chi connectivity index (χ4v) is 2.57. The van der Waals surface area contributed by atoms with Crippen molar-refractivity contribution in [1.82, 2.24) is 5.32 Å². The van der Waals surface area contributed by atoms with Crippen molar-refractivity contribution < 1.29 is 4.74 Å². The molecule has 0 radical (unpaired) electrons. The third kappa shape index (κ3) is 2.29. The molecule has 0 aliphatic carbocycles. The highest BCUT2D eigenvalue weighted by Gasteiger charge is 2.44. The van der Waals surface area contributed by atoms with Crippen molar-refractivity contribution in [3.8, 4) is 0 Å². The van der Waals surface area contributed by atoms with Crippen LogP contribution in [0.1, 0.15) is 53.9 Å². The van der Waals surface area contributed by atoms with Crippen molar-refractivity contribution >= 4 is 0 Å². The Kier molecular flexibility index (Phi) is 3.96. The highest BCUT2D eigenvalue weighted by atomic mass is 16.5. The van der Waals surface area contributed by atoms with Gasteiger partial charge >= 0.3 is 0 Å². The molecule has 2 atom stereocenters. The van der Waals surface area contributed by atoms with Gasteiger partial charge in [-0.15, -0.1) is 0 Å². The van der Waals surface area contributed by atoms with Crippen LogP contribution in [0, 0.1) is 5.92 Å². The van der Waals surface area contributed by atoms with E-state index in [0.29, 0.717) is 6.04 Å². The summed E-state index contributed by atoms with van der Waals surface area (Å²) in [7, 11) is 0.